The van der Waals surface area contributed by atoms with Crippen molar-refractivity contribution in [2.75, 3.05) is 31.2 Å². The summed E-state index contributed by atoms with van der Waals surface area (Å²) in [6.07, 6.45) is 0.0877. The molecule has 1 unspecified atom stereocenters. The normalized spacial score (nSPS) is 15.1. The first kappa shape index (κ1) is 20.9. The molecule has 0 saturated carbocycles. The molecule has 2 heterocycles. The number of aryl methyl sites for hydroxylation is 1. The van der Waals surface area contributed by atoms with Crippen molar-refractivity contribution < 1.29 is 9.53 Å². The maximum atomic E-state index is 12.5. The highest BCUT2D eigenvalue weighted by atomic mass is 16.5. The highest BCUT2D eigenvalue weighted by molar-refractivity contribution is 5.80. The summed E-state index contributed by atoms with van der Waals surface area (Å²) in [6, 6.07) is 14.6. The van der Waals surface area contributed by atoms with Crippen molar-refractivity contribution in [1.29, 1.82) is 0 Å². The van der Waals surface area contributed by atoms with E-state index in [4.69, 9.17) is 4.74 Å². The van der Waals surface area contributed by atoms with Crippen molar-refractivity contribution in [3.05, 3.63) is 74.8 Å². The maximum absolute atomic E-state index is 12.5. The second kappa shape index (κ2) is 9.18. The third-order valence-electron chi connectivity index (χ3n) is 5.59. The van der Waals surface area contributed by atoms with E-state index < -0.39 is 0 Å². The molecule has 1 aromatic heterocycles. The molecule has 2 aromatic carbocycles. The van der Waals surface area contributed by atoms with Crippen molar-refractivity contribution in [3.8, 4) is 0 Å². The van der Waals surface area contributed by atoms with Crippen LogP contribution >= 0.6 is 0 Å². The van der Waals surface area contributed by atoms with Crippen LogP contribution in [0.5, 0.6) is 0 Å². The Morgan fingerprint density at radius 1 is 1.06 bits per heavy atom. The second-order valence-electron chi connectivity index (χ2n) is 7.67. The van der Waals surface area contributed by atoms with Gasteiger partial charge in [0.05, 0.1) is 36.6 Å². The Morgan fingerprint density at radius 3 is 2.45 bits per heavy atom. The number of nitrogens with zero attached hydrogens (tertiary/aromatic N) is 2. The van der Waals surface area contributed by atoms with E-state index in [9.17, 15) is 14.4 Å². The third-order valence-corrected chi connectivity index (χ3v) is 5.59. The van der Waals surface area contributed by atoms with Crippen LogP contribution in [-0.4, -0.2) is 42.0 Å². The molecule has 0 bridgehead atoms. The van der Waals surface area contributed by atoms with E-state index in [0.717, 1.165) is 37.6 Å². The van der Waals surface area contributed by atoms with E-state index in [1.165, 1.54) is 4.68 Å². The molecular weight excluding hydrogens is 396 g/mol. The number of anilines is 1. The second-order valence-corrected chi connectivity index (χ2v) is 7.67. The Labute approximate surface area is 179 Å². The number of aromatic amines is 1. The fraction of sp³-hybridized carbons (Fsp3) is 0.348. The summed E-state index contributed by atoms with van der Waals surface area (Å²) < 4.78 is 6.59. The Morgan fingerprint density at radius 2 is 1.74 bits per heavy atom. The van der Waals surface area contributed by atoms with Gasteiger partial charge in [-0.15, -0.1) is 0 Å². The van der Waals surface area contributed by atoms with Crippen molar-refractivity contribution in [2.45, 2.75) is 25.9 Å². The summed E-state index contributed by atoms with van der Waals surface area (Å²) in [4.78, 5) is 39.4. The minimum Gasteiger partial charge on any atom is -0.378 e. The van der Waals surface area contributed by atoms with Gasteiger partial charge in [-0.3, -0.25) is 19.5 Å². The number of benzene rings is 2. The van der Waals surface area contributed by atoms with Gasteiger partial charge in [-0.05, 0) is 36.8 Å². The van der Waals surface area contributed by atoms with Crippen molar-refractivity contribution in [2.24, 2.45) is 0 Å². The number of carbonyl (C=O) groups excluding carboxylic acids is 1. The van der Waals surface area contributed by atoms with Gasteiger partial charge >= 0.3 is 0 Å². The highest BCUT2D eigenvalue weighted by Crippen LogP contribution is 2.20. The zero-order chi connectivity index (χ0) is 21.8. The van der Waals surface area contributed by atoms with Crippen molar-refractivity contribution in [3.63, 3.8) is 0 Å². The predicted molar refractivity (Wildman–Crippen MR) is 119 cm³/mol. The molecule has 8 nitrogen and oxygen atoms in total. The van der Waals surface area contributed by atoms with Crippen molar-refractivity contribution in [1.82, 2.24) is 15.1 Å². The lowest BCUT2D eigenvalue weighted by Crippen LogP contribution is -2.36. The summed E-state index contributed by atoms with van der Waals surface area (Å²) in [6.45, 7) is 5.25. The number of fused-ring (bicyclic) bond motifs is 1. The van der Waals surface area contributed by atoms with Gasteiger partial charge in [0.1, 0.15) is 0 Å². The zero-order valence-electron chi connectivity index (χ0n) is 17.5. The smallest absolute Gasteiger partial charge is 0.273 e. The molecule has 162 valence electrons. The highest BCUT2D eigenvalue weighted by Gasteiger charge is 2.14. The van der Waals surface area contributed by atoms with Crippen LogP contribution in [0.1, 0.15) is 24.9 Å². The van der Waals surface area contributed by atoms with Gasteiger partial charge in [0.25, 0.3) is 11.1 Å². The summed E-state index contributed by atoms with van der Waals surface area (Å²) in [7, 11) is 0. The number of hydrogen-bond acceptors (Lipinski definition) is 5. The molecule has 0 spiro atoms. The fourth-order valence-electron chi connectivity index (χ4n) is 3.81. The number of nitrogens with one attached hydrogen (secondary N) is 2. The van der Waals surface area contributed by atoms with E-state index in [1.54, 1.807) is 24.3 Å². The molecule has 8 heteroatoms. The Bertz CT molecular complexity index is 1180. The number of aromatic nitrogens is 2. The van der Waals surface area contributed by atoms with E-state index in [0.29, 0.717) is 10.8 Å². The minimum absolute atomic E-state index is 0.0877. The number of H-pyrrole nitrogens is 1. The first-order valence-electron chi connectivity index (χ1n) is 10.5. The molecule has 0 radical (unpaired) electrons. The maximum Gasteiger partial charge on any atom is 0.273 e. The molecular formula is C23H26N4O4. The van der Waals surface area contributed by atoms with Gasteiger partial charge in [0.15, 0.2) is 0 Å². The number of amides is 1. The summed E-state index contributed by atoms with van der Waals surface area (Å²) in [5.74, 6) is -0.189. The van der Waals surface area contributed by atoms with Crippen LogP contribution in [0.25, 0.3) is 10.8 Å². The largest absolute Gasteiger partial charge is 0.378 e. The van der Waals surface area contributed by atoms with E-state index >= 15 is 0 Å². The topological polar surface area (TPSA) is 96.4 Å². The molecule has 4 rings (SSSR count). The lowest BCUT2D eigenvalue weighted by atomic mass is 10.1. The van der Waals surface area contributed by atoms with Crippen LogP contribution in [0.4, 0.5) is 5.69 Å². The van der Waals surface area contributed by atoms with E-state index in [2.05, 4.69) is 27.4 Å². The molecule has 1 aliphatic rings. The van der Waals surface area contributed by atoms with Crippen LogP contribution in [0, 0.1) is 0 Å². The predicted octanol–water partition coefficient (Wildman–Crippen LogP) is 1.79. The Hall–Kier alpha value is -3.39. The lowest BCUT2D eigenvalue weighted by Gasteiger charge is -2.29. The first-order valence-corrected chi connectivity index (χ1v) is 10.5. The molecule has 1 saturated heterocycles. The quantitative estimate of drug-likeness (QED) is 0.631. The van der Waals surface area contributed by atoms with Crippen LogP contribution in [0.15, 0.2) is 58.1 Å². The number of ether oxygens (including phenoxy) is 1. The summed E-state index contributed by atoms with van der Waals surface area (Å²) in [5, 5.41) is 6.21. The molecule has 3 aromatic rings. The molecule has 1 amide bonds. The van der Waals surface area contributed by atoms with Crippen LogP contribution in [0.3, 0.4) is 0 Å². The number of morpholine rings is 1. The average molecular weight is 422 g/mol. The number of rotatable bonds is 6. The van der Waals surface area contributed by atoms with Gasteiger partial charge in [-0.2, -0.15) is 0 Å². The molecule has 1 fully saturated rings. The Balaban J connectivity index is 1.36. The molecule has 2 N–H and O–H groups in total. The standard InChI is InChI=1S/C23H26N4O4/c1-16(17-6-8-18(9-7-17)26-12-14-31-15-13-26)24-21(28)10-11-27-23(30)20-5-3-2-4-19(20)22(29)25-27/h2-9,16H,10-15H2,1H3,(H,24,28)(H,25,29). The van der Waals surface area contributed by atoms with Gasteiger partial charge in [0, 0.05) is 25.2 Å². The molecule has 1 aliphatic heterocycles. The fourth-order valence-corrected chi connectivity index (χ4v) is 3.81. The summed E-state index contributed by atoms with van der Waals surface area (Å²) >= 11 is 0. The van der Waals surface area contributed by atoms with Gasteiger partial charge < -0.3 is 15.0 Å². The molecule has 0 aliphatic carbocycles. The Kier molecular flexibility index (Phi) is 6.18. The molecule has 1 atom stereocenters. The van der Waals surface area contributed by atoms with E-state index in [1.807, 2.05) is 19.1 Å². The number of hydrogen-bond donors (Lipinski definition) is 2. The number of carbonyl (C=O) groups is 1. The van der Waals surface area contributed by atoms with Crippen LogP contribution in [0.2, 0.25) is 0 Å². The lowest BCUT2D eigenvalue weighted by molar-refractivity contribution is -0.122. The first-order chi connectivity index (χ1) is 15.0. The van der Waals surface area contributed by atoms with Gasteiger partial charge in [0.2, 0.25) is 5.91 Å². The minimum atomic E-state index is -0.343. The zero-order valence-corrected chi connectivity index (χ0v) is 17.5. The third kappa shape index (κ3) is 4.69. The monoisotopic (exact) mass is 422 g/mol. The van der Waals surface area contributed by atoms with Crippen molar-refractivity contribution >= 4 is 22.4 Å². The average Bonchev–Trinajstić information content (AvgIpc) is 2.81. The SMILES string of the molecule is CC(NC(=O)CCn1[nH]c(=O)c2ccccc2c1=O)c1ccc(N2CCOCC2)cc1. The van der Waals surface area contributed by atoms with Crippen LogP contribution < -0.4 is 21.3 Å². The van der Waals surface area contributed by atoms with Gasteiger partial charge in [-0.1, -0.05) is 24.3 Å². The van der Waals surface area contributed by atoms with E-state index in [-0.39, 0.29) is 36.0 Å². The van der Waals surface area contributed by atoms with Gasteiger partial charge in [-0.25, -0.2) is 4.68 Å². The molecule has 31 heavy (non-hydrogen) atoms. The summed E-state index contributed by atoms with van der Waals surface area (Å²) in [5.41, 5.74) is 1.49. The van der Waals surface area contributed by atoms with Crippen LogP contribution in [-0.2, 0) is 16.1 Å².